The number of nitrogens with zero attached hydrogens (tertiary/aromatic N) is 1. The highest BCUT2D eigenvalue weighted by Gasteiger charge is 2.34. The molecule has 1 fully saturated rings. The minimum absolute atomic E-state index is 0.0658. The summed E-state index contributed by atoms with van der Waals surface area (Å²) < 4.78 is 43.6. The minimum Gasteiger partial charge on any atom is -0.492 e. The quantitative estimate of drug-likeness (QED) is 0.866. The van der Waals surface area contributed by atoms with E-state index < -0.39 is 17.8 Å². The second-order valence-electron chi connectivity index (χ2n) is 5.06. The Morgan fingerprint density at radius 1 is 1.29 bits per heavy atom. The predicted octanol–water partition coefficient (Wildman–Crippen LogP) is 1.51. The van der Waals surface area contributed by atoms with Crippen LogP contribution >= 0.6 is 0 Å². The zero-order chi connectivity index (χ0) is 15.5. The van der Waals surface area contributed by atoms with Crippen LogP contribution in [0.5, 0.6) is 5.75 Å². The van der Waals surface area contributed by atoms with Gasteiger partial charge in [-0.2, -0.15) is 13.2 Å². The molecule has 2 atom stereocenters. The van der Waals surface area contributed by atoms with Crippen molar-refractivity contribution >= 4 is 0 Å². The van der Waals surface area contributed by atoms with Crippen LogP contribution < -0.4 is 4.74 Å². The average molecular weight is 305 g/mol. The zero-order valence-corrected chi connectivity index (χ0v) is 11.4. The lowest BCUT2D eigenvalue weighted by Crippen LogP contribution is -2.35. The van der Waals surface area contributed by atoms with Gasteiger partial charge in [0.05, 0.1) is 18.3 Å². The number of hydrogen-bond donors (Lipinski definition) is 2. The molecule has 21 heavy (non-hydrogen) atoms. The third-order valence-corrected chi connectivity index (χ3v) is 3.55. The smallest absolute Gasteiger partial charge is 0.419 e. The highest BCUT2D eigenvalue weighted by atomic mass is 19.4. The maximum absolute atomic E-state index is 12.8. The molecule has 7 heteroatoms. The normalized spacial score (nSPS) is 23.5. The largest absolute Gasteiger partial charge is 0.492 e. The number of para-hydroxylation sites is 1. The number of aliphatic hydroxyl groups is 2. The van der Waals surface area contributed by atoms with Gasteiger partial charge in [-0.25, -0.2) is 0 Å². The molecule has 1 aliphatic heterocycles. The van der Waals surface area contributed by atoms with E-state index in [4.69, 9.17) is 4.74 Å². The molecule has 2 rings (SSSR count). The van der Waals surface area contributed by atoms with Crippen molar-refractivity contribution in [3.05, 3.63) is 29.8 Å². The second kappa shape index (κ2) is 6.64. The Morgan fingerprint density at radius 2 is 2.00 bits per heavy atom. The Hall–Kier alpha value is -1.31. The monoisotopic (exact) mass is 305 g/mol. The first-order valence-corrected chi connectivity index (χ1v) is 6.74. The summed E-state index contributed by atoms with van der Waals surface area (Å²) in [6, 6.07) is 4.90. The Labute approximate surface area is 120 Å². The van der Waals surface area contributed by atoms with Gasteiger partial charge in [-0.15, -0.1) is 0 Å². The highest BCUT2D eigenvalue weighted by Crippen LogP contribution is 2.35. The van der Waals surface area contributed by atoms with E-state index >= 15 is 0 Å². The van der Waals surface area contributed by atoms with Crippen molar-refractivity contribution in [2.75, 3.05) is 26.3 Å². The van der Waals surface area contributed by atoms with E-state index in [0.717, 1.165) is 6.07 Å². The molecule has 0 radical (unpaired) electrons. The fraction of sp³-hybridized carbons (Fsp3) is 0.571. The molecule has 2 N–H and O–H groups in total. The molecule has 0 saturated carbocycles. The van der Waals surface area contributed by atoms with Gasteiger partial charge in [0, 0.05) is 19.1 Å². The third kappa shape index (κ3) is 4.09. The van der Waals surface area contributed by atoms with Crippen LogP contribution in [0.3, 0.4) is 0 Å². The number of ether oxygens (including phenoxy) is 1. The van der Waals surface area contributed by atoms with Crippen LogP contribution in [0.1, 0.15) is 12.0 Å². The first-order chi connectivity index (χ1) is 9.91. The van der Waals surface area contributed by atoms with Gasteiger partial charge in [0.15, 0.2) is 0 Å². The lowest BCUT2D eigenvalue weighted by atomic mass is 10.2. The first-order valence-electron chi connectivity index (χ1n) is 6.74. The van der Waals surface area contributed by atoms with Gasteiger partial charge in [0.2, 0.25) is 0 Å². The zero-order valence-electron chi connectivity index (χ0n) is 11.4. The standard InChI is InChI=1S/C14H18F3NO3/c15-14(16,17)12-3-1-2-4-13(12)21-6-5-18-8-11(20)7-10(18)9-19/h1-4,10-11,19-20H,5-9H2/t10-,11-/m0/s1. The van der Waals surface area contributed by atoms with Crippen LogP contribution in [0.2, 0.25) is 0 Å². The van der Waals surface area contributed by atoms with Gasteiger partial charge in [-0.1, -0.05) is 12.1 Å². The molecule has 1 aliphatic rings. The molecule has 0 bridgehead atoms. The maximum Gasteiger partial charge on any atom is 0.419 e. The SMILES string of the molecule is OC[C@@H]1C[C@H](O)CN1CCOc1ccccc1C(F)(F)F. The van der Waals surface area contributed by atoms with E-state index in [1.54, 1.807) is 0 Å². The van der Waals surface area contributed by atoms with E-state index in [0.29, 0.717) is 19.5 Å². The minimum atomic E-state index is -4.45. The summed E-state index contributed by atoms with van der Waals surface area (Å²) in [7, 11) is 0. The van der Waals surface area contributed by atoms with E-state index in [2.05, 4.69) is 0 Å². The number of benzene rings is 1. The molecule has 1 aromatic rings. The van der Waals surface area contributed by atoms with Gasteiger partial charge in [-0.3, -0.25) is 4.90 Å². The lowest BCUT2D eigenvalue weighted by molar-refractivity contribution is -0.139. The van der Waals surface area contributed by atoms with Crippen molar-refractivity contribution in [2.24, 2.45) is 0 Å². The van der Waals surface area contributed by atoms with E-state index in [1.807, 2.05) is 4.90 Å². The second-order valence-corrected chi connectivity index (χ2v) is 5.06. The van der Waals surface area contributed by atoms with Crippen molar-refractivity contribution in [1.29, 1.82) is 0 Å². The van der Waals surface area contributed by atoms with Crippen molar-refractivity contribution < 1.29 is 28.1 Å². The van der Waals surface area contributed by atoms with Crippen LogP contribution in [0, 0.1) is 0 Å². The molecule has 0 aromatic heterocycles. The molecule has 1 saturated heterocycles. The maximum atomic E-state index is 12.8. The lowest BCUT2D eigenvalue weighted by Gasteiger charge is -2.22. The van der Waals surface area contributed by atoms with Gasteiger partial charge in [0.1, 0.15) is 12.4 Å². The Kier molecular flexibility index (Phi) is 5.08. The number of β-amino-alcohol motifs (C(OH)–C–C–N with tert-alkyl or cyclic N) is 1. The van der Waals surface area contributed by atoms with Crippen molar-refractivity contribution in [2.45, 2.75) is 24.7 Å². The molecule has 0 aliphatic carbocycles. The fourth-order valence-corrected chi connectivity index (χ4v) is 2.52. The first kappa shape index (κ1) is 16.1. The number of hydrogen-bond acceptors (Lipinski definition) is 4. The van der Waals surface area contributed by atoms with Crippen molar-refractivity contribution in [3.8, 4) is 5.75 Å². The Balaban J connectivity index is 1.92. The van der Waals surface area contributed by atoms with Gasteiger partial charge < -0.3 is 14.9 Å². The van der Waals surface area contributed by atoms with E-state index in [-0.39, 0.29) is 25.0 Å². The molecular weight excluding hydrogens is 287 g/mol. The van der Waals surface area contributed by atoms with Crippen LogP contribution in [0.15, 0.2) is 24.3 Å². The van der Waals surface area contributed by atoms with Crippen LogP contribution in [-0.2, 0) is 6.18 Å². The van der Waals surface area contributed by atoms with E-state index in [1.165, 1.54) is 18.2 Å². The predicted molar refractivity (Wildman–Crippen MR) is 70.0 cm³/mol. The molecule has 0 unspecified atom stereocenters. The summed E-state index contributed by atoms with van der Waals surface area (Å²) in [6.45, 7) is 0.733. The average Bonchev–Trinajstić information content (AvgIpc) is 2.78. The van der Waals surface area contributed by atoms with E-state index in [9.17, 15) is 23.4 Å². The van der Waals surface area contributed by atoms with Crippen LogP contribution in [-0.4, -0.2) is 53.6 Å². The topological polar surface area (TPSA) is 52.9 Å². The molecule has 1 heterocycles. The summed E-state index contributed by atoms with van der Waals surface area (Å²) in [6.07, 6.45) is -4.49. The fourth-order valence-electron chi connectivity index (χ4n) is 2.52. The number of rotatable bonds is 5. The summed E-state index contributed by atoms with van der Waals surface area (Å²) in [5.74, 6) is -0.203. The summed E-state index contributed by atoms with van der Waals surface area (Å²) in [5, 5.41) is 18.7. The summed E-state index contributed by atoms with van der Waals surface area (Å²) >= 11 is 0. The molecule has 118 valence electrons. The Morgan fingerprint density at radius 3 is 2.67 bits per heavy atom. The molecule has 1 aromatic carbocycles. The molecule has 0 amide bonds. The van der Waals surface area contributed by atoms with Gasteiger partial charge in [0.25, 0.3) is 0 Å². The molecule has 4 nitrogen and oxygen atoms in total. The van der Waals surface area contributed by atoms with Gasteiger partial charge >= 0.3 is 6.18 Å². The highest BCUT2D eigenvalue weighted by molar-refractivity contribution is 5.35. The summed E-state index contributed by atoms with van der Waals surface area (Å²) in [5.41, 5.74) is -0.801. The molecular formula is C14H18F3NO3. The number of likely N-dealkylation sites (tertiary alicyclic amines) is 1. The Bertz CT molecular complexity index is 467. The van der Waals surface area contributed by atoms with Crippen molar-refractivity contribution in [3.63, 3.8) is 0 Å². The van der Waals surface area contributed by atoms with Crippen LogP contribution in [0.25, 0.3) is 0 Å². The number of alkyl halides is 3. The third-order valence-electron chi connectivity index (χ3n) is 3.55. The van der Waals surface area contributed by atoms with Crippen LogP contribution in [0.4, 0.5) is 13.2 Å². The van der Waals surface area contributed by atoms with Gasteiger partial charge in [-0.05, 0) is 18.6 Å². The summed E-state index contributed by atoms with van der Waals surface area (Å²) in [4.78, 5) is 1.82. The number of halogens is 3. The van der Waals surface area contributed by atoms with Crippen molar-refractivity contribution in [1.82, 2.24) is 4.90 Å². The number of aliphatic hydroxyl groups excluding tert-OH is 2. The molecule has 0 spiro atoms.